The van der Waals surface area contributed by atoms with E-state index in [1.165, 1.54) is 0 Å². The zero-order valence-electron chi connectivity index (χ0n) is 8.70. The van der Waals surface area contributed by atoms with Gasteiger partial charge in [0.25, 0.3) is 0 Å². The first kappa shape index (κ1) is 11.6. The van der Waals surface area contributed by atoms with Crippen LogP contribution in [0, 0.1) is 13.8 Å². The standard InChI is InChI=1S/C10H13N3OS/c1-6-3-7(2)12-9(4-6)13-10(14)5-8(11)15/h3-4H,5H2,1-2H3,(H2,11,15)(H,12,13,14). The topological polar surface area (TPSA) is 68.0 Å². The number of nitrogens with zero attached hydrogens (tertiary/aromatic N) is 1. The summed E-state index contributed by atoms with van der Waals surface area (Å²) in [6, 6.07) is 3.73. The van der Waals surface area contributed by atoms with E-state index in [1.807, 2.05) is 19.9 Å². The van der Waals surface area contributed by atoms with Crippen LogP contribution >= 0.6 is 12.2 Å². The Morgan fingerprint density at radius 2 is 2.20 bits per heavy atom. The van der Waals surface area contributed by atoms with Crippen LogP contribution in [-0.2, 0) is 4.79 Å². The number of thiocarbonyl (C=S) groups is 1. The van der Waals surface area contributed by atoms with Crippen LogP contribution in [0.15, 0.2) is 12.1 Å². The number of carbonyl (C=O) groups excluding carboxylic acids is 1. The quantitative estimate of drug-likeness (QED) is 0.758. The number of carbonyl (C=O) groups is 1. The van der Waals surface area contributed by atoms with Crippen molar-refractivity contribution in [3.05, 3.63) is 23.4 Å². The molecule has 0 unspecified atom stereocenters. The highest BCUT2D eigenvalue weighted by molar-refractivity contribution is 7.80. The molecule has 4 nitrogen and oxygen atoms in total. The smallest absolute Gasteiger partial charge is 0.232 e. The molecular weight excluding hydrogens is 210 g/mol. The van der Waals surface area contributed by atoms with Gasteiger partial charge in [-0.25, -0.2) is 4.98 Å². The van der Waals surface area contributed by atoms with Crippen LogP contribution in [0.25, 0.3) is 0 Å². The maximum Gasteiger partial charge on any atom is 0.232 e. The molecule has 0 atom stereocenters. The van der Waals surface area contributed by atoms with Gasteiger partial charge in [-0.15, -0.1) is 0 Å². The summed E-state index contributed by atoms with van der Waals surface area (Å²) in [7, 11) is 0. The second-order valence-corrected chi connectivity index (χ2v) is 3.89. The van der Waals surface area contributed by atoms with Crippen LogP contribution < -0.4 is 11.1 Å². The van der Waals surface area contributed by atoms with E-state index in [0.717, 1.165) is 11.3 Å². The summed E-state index contributed by atoms with van der Waals surface area (Å²) < 4.78 is 0. The van der Waals surface area contributed by atoms with Gasteiger partial charge >= 0.3 is 0 Å². The van der Waals surface area contributed by atoms with E-state index in [2.05, 4.69) is 22.5 Å². The molecule has 0 aliphatic heterocycles. The van der Waals surface area contributed by atoms with Crippen LogP contribution in [0.1, 0.15) is 17.7 Å². The van der Waals surface area contributed by atoms with Crippen LogP contribution in [0.5, 0.6) is 0 Å². The molecule has 1 aromatic heterocycles. The van der Waals surface area contributed by atoms with Crippen LogP contribution in [0.3, 0.4) is 0 Å². The third-order valence-electron chi connectivity index (χ3n) is 1.70. The van der Waals surface area contributed by atoms with E-state index in [4.69, 9.17) is 5.73 Å². The number of pyridine rings is 1. The fourth-order valence-electron chi connectivity index (χ4n) is 1.25. The van der Waals surface area contributed by atoms with Crippen molar-refractivity contribution in [2.24, 2.45) is 5.73 Å². The summed E-state index contributed by atoms with van der Waals surface area (Å²) >= 11 is 4.64. The Morgan fingerprint density at radius 1 is 1.53 bits per heavy atom. The Morgan fingerprint density at radius 3 is 2.73 bits per heavy atom. The molecule has 80 valence electrons. The highest BCUT2D eigenvalue weighted by Crippen LogP contribution is 2.09. The summed E-state index contributed by atoms with van der Waals surface area (Å²) in [5.41, 5.74) is 7.17. The predicted molar refractivity (Wildman–Crippen MR) is 63.7 cm³/mol. The van der Waals surface area contributed by atoms with Crippen molar-refractivity contribution in [1.29, 1.82) is 0 Å². The van der Waals surface area contributed by atoms with Crippen molar-refractivity contribution < 1.29 is 4.79 Å². The molecule has 1 amide bonds. The minimum absolute atomic E-state index is 0.0456. The summed E-state index contributed by atoms with van der Waals surface area (Å²) in [6.45, 7) is 3.81. The second-order valence-electron chi connectivity index (χ2n) is 3.36. The van der Waals surface area contributed by atoms with E-state index >= 15 is 0 Å². The highest BCUT2D eigenvalue weighted by Gasteiger charge is 2.05. The van der Waals surface area contributed by atoms with Gasteiger partial charge in [0.1, 0.15) is 5.82 Å². The van der Waals surface area contributed by atoms with Crippen molar-refractivity contribution >= 4 is 28.9 Å². The van der Waals surface area contributed by atoms with E-state index < -0.39 is 0 Å². The molecule has 0 aromatic carbocycles. The molecule has 0 fully saturated rings. The maximum absolute atomic E-state index is 11.3. The maximum atomic E-state index is 11.3. The molecule has 0 spiro atoms. The molecule has 1 rings (SSSR count). The number of aromatic nitrogens is 1. The van der Waals surface area contributed by atoms with Gasteiger partial charge in [0.05, 0.1) is 11.4 Å². The van der Waals surface area contributed by atoms with Crippen molar-refractivity contribution in [2.45, 2.75) is 20.3 Å². The van der Waals surface area contributed by atoms with Crippen molar-refractivity contribution in [3.8, 4) is 0 Å². The molecule has 1 heterocycles. The monoisotopic (exact) mass is 223 g/mol. The Hall–Kier alpha value is -1.49. The Kier molecular flexibility index (Phi) is 3.74. The fourth-order valence-corrected chi connectivity index (χ4v) is 1.38. The number of hydrogen-bond acceptors (Lipinski definition) is 3. The normalized spacial score (nSPS) is 9.73. The fraction of sp³-hybridized carbons (Fsp3) is 0.300. The molecule has 0 aliphatic carbocycles. The van der Waals surface area contributed by atoms with Crippen LogP contribution in [0.4, 0.5) is 5.82 Å². The third kappa shape index (κ3) is 4.03. The first-order valence-corrected chi connectivity index (χ1v) is 4.91. The third-order valence-corrected chi connectivity index (χ3v) is 1.84. The second kappa shape index (κ2) is 4.84. The lowest BCUT2D eigenvalue weighted by Gasteiger charge is -2.05. The summed E-state index contributed by atoms with van der Waals surface area (Å²) in [4.78, 5) is 15.7. The summed E-state index contributed by atoms with van der Waals surface area (Å²) in [5, 5.41) is 2.64. The molecule has 1 aromatic rings. The Balaban J connectivity index is 2.72. The number of amides is 1. The summed E-state index contributed by atoms with van der Waals surface area (Å²) in [6.07, 6.45) is 0.0456. The lowest BCUT2D eigenvalue weighted by Crippen LogP contribution is -2.20. The average Bonchev–Trinajstić information content (AvgIpc) is 1.98. The number of aryl methyl sites for hydroxylation is 2. The SMILES string of the molecule is Cc1cc(C)nc(NC(=O)CC(N)=S)c1. The zero-order valence-corrected chi connectivity index (χ0v) is 9.52. The lowest BCUT2D eigenvalue weighted by molar-refractivity contribution is -0.115. The Bertz CT molecular complexity index is 383. The molecule has 0 radical (unpaired) electrons. The van der Waals surface area contributed by atoms with Gasteiger partial charge in [-0.1, -0.05) is 12.2 Å². The van der Waals surface area contributed by atoms with E-state index in [9.17, 15) is 4.79 Å². The van der Waals surface area contributed by atoms with Crippen molar-refractivity contribution in [1.82, 2.24) is 4.98 Å². The van der Waals surface area contributed by atoms with Gasteiger partial charge in [0, 0.05) is 5.69 Å². The minimum atomic E-state index is -0.236. The molecule has 0 saturated heterocycles. The number of anilines is 1. The van der Waals surface area contributed by atoms with Gasteiger partial charge in [-0.05, 0) is 31.5 Å². The average molecular weight is 223 g/mol. The van der Waals surface area contributed by atoms with E-state index in [0.29, 0.717) is 5.82 Å². The van der Waals surface area contributed by atoms with Gasteiger partial charge < -0.3 is 11.1 Å². The van der Waals surface area contributed by atoms with Crippen LogP contribution in [0.2, 0.25) is 0 Å². The number of rotatable bonds is 3. The molecule has 0 aliphatic rings. The highest BCUT2D eigenvalue weighted by atomic mass is 32.1. The number of nitrogens with one attached hydrogen (secondary N) is 1. The summed E-state index contributed by atoms with van der Waals surface area (Å²) in [5.74, 6) is 0.300. The predicted octanol–water partition coefficient (Wildman–Crippen LogP) is 1.31. The lowest BCUT2D eigenvalue weighted by atomic mass is 10.2. The van der Waals surface area contributed by atoms with E-state index in [1.54, 1.807) is 6.07 Å². The number of hydrogen-bond donors (Lipinski definition) is 2. The van der Waals surface area contributed by atoms with E-state index in [-0.39, 0.29) is 17.3 Å². The minimum Gasteiger partial charge on any atom is -0.393 e. The molecule has 15 heavy (non-hydrogen) atoms. The largest absolute Gasteiger partial charge is 0.393 e. The number of nitrogens with two attached hydrogens (primary N) is 1. The first-order valence-electron chi connectivity index (χ1n) is 4.51. The zero-order chi connectivity index (χ0) is 11.4. The van der Waals surface area contributed by atoms with Gasteiger partial charge in [0.2, 0.25) is 5.91 Å². The van der Waals surface area contributed by atoms with Crippen LogP contribution in [-0.4, -0.2) is 15.9 Å². The molecular formula is C10H13N3OS. The first-order chi connectivity index (χ1) is 6.97. The molecule has 5 heteroatoms. The Labute approximate surface area is 93.9 Å². The molecule has 0 bridgehead atoms. The van der Waals surface area contributed by atoms with Crippen molar-refractivity contribution in [3.63, 3.8) is 0 Å². The molecule has 3 N–H and O–H groups in total. The van der Waals surface area contributed by atoms with Gasteiger partial charge in [-0.2, -0.15) is 0 Å². The van der Waals surface area contributed by atoms with Gasteiger partial charge in [0.15, 0.2) is 0 Å². The van der Waals surface area contributed by atoms with Gasteiger partial charge in [-0.3, -0.25) is 4.79 Å². The molecule has 0 saturated carbocycles. The van der Waals surface area contributed by atoms with Crippen molar-refractivity contribution in [2.75, 3.05) is 5.32 Å².